The number of rotatable bonds is 5. The number of benzene rings is 1. The second-order valence-corrected chi connectivity index (χ2v) is 5.07. The van der Waals surface area contributed by atoms with Crippen molar-refractivity contribution in [3.63, 3.8) is 0 Å². The fourth-order valence-corrected chi connectivity index (χ4v) is 2.23. The fourth-order valence-electron chi connectivity index (χ4n) is 1.66. The van der Waals surface area contributed by atoms with Crippen LogP contribution in [0.25, 0.3) is 0 Å². The van der Waals surface area contributed by atoms with Crippen LogP contribution >= 0.6 is 23.7 Å². The van der Waals surface area contributed by atoms with E-state index in [0.717, 1.165) is 12.1 Å². The van der Waals surface area contributed by atoms with Crippen LogP contribution in [0.1, 0.15) is 5.69 Å². The summed E-state index contributed by atoms with van der Waals surface area (Å²) in [4.78, 5) is 15.9. The molecule has 126 valence electrons. The predicted molar refractivity (Wildman–Crippen MR) is 82.8 cm³/mol. The van der Waals surface area contributed by atoms with E-state index in [2.05, 4.69) is 15.0 Å². The lowest BCUT2D eigenvalue weighted by Crippen LogP contribution is -2.37. The van der Waals surface area contributed by atoms with E-state index in [0.29, 0.717) is 5.69 Å². The van der Waals surface area contributed by atoms with Crippen LogP contribution in [0.3, 0.4) is 0 Å². The van der Waals surface area contributed by atoms with Crippen LogP contribution < -0.4 is 15.8 Å². The van der Waals surface area contributed by atoms with Crippen LogP contribution in [0.5, 0.6) is 5.75 Å². The van der Waals surface area contributed by atoms with Gasteiger partial charge in [0.2, 0.25) is 5.91 Å². The maximum absolute atomic E-state index is 12.1. The molecule has 0 saturated heterocycles. The van der Waals surface area contributed by atoms with Crippen LogP contribution in [-0.2, 0) is 11.2 Å². The molecule has 1 unspecified atom stereocenters. The van der Waals surface area contributed by atoms with Crippen LogP contribution in [-0.4, -0.2) is 23.3 Å². The molecular formula is C13H13ClF3N3O2S. The zero-order chi connectivity index (χ0) is 16.2. The summed E-state index contributed by atoms with van der Waals surface area (Å²) in [6, 6.07) is 4.13. The zero-order valence-electron chi connectivity index (χ0n) is 11.5. The molecule has 23 heavy (non-hydrogen) atoms. The number of carbonyl (C=O) groups is 1. The molecule has 0 aliphatic carbocycles. The average Bonchev–Trinajstić information content (AvgIpc) is 2.89. The molecule has 0 aliphatic heterocycles. The molecule has 1 aromatic carbocycles. The summed E-state index contributed by atoms with van der Waals surface area (Å²) in [6.45, 7) is 0. The first-order valence-corrected chi connectivity index (χ1v) is 7.07. The number of nitrogens with zero attached hydrogens (tertiary/aromatic N) is 1. The second kappa shape index (κ2) is 8.14. The lowest BCUT2D eigenvalue weighted by Gasteiger charge is -2.13. The van der Waals surface area contributed by atoms with E-state index < -0.39 is 24.1 Å². The van der Waals surface area contributed by atoms with Gasteiger partial charge in [0.05, 0.1) is 17.2 Å². The number of nitrogens with two attached hydrogens (primary N) is 1. The Morgan fingerprint density at radius 3 is 2.78 bits per heavy atom. The summed E-state index contributed by atoms with van der Waals surface area (Å²) in [5.74, 6) is -0.935. The maximum atomic E-state index is 12.1. The van der Waals surface area contributed by atoms with Gasteiger partial charge in [0.25, 0.3) is 0 Å². The Bertz CT molecular complexity index is 638. The van der Waals surface area contributed by atoms with E-state index in [9.17, 15) is 18.0 Å². The standard InChI is InChI=1S/C13H12F3N3O2S.ClH/c14-13(15,16)21-10-3-1-2-8(4-10)19-12(20)11(17)5-9-6-22-7-18-9;/h1-4,6-7,11H,5,17H2,(H,19,20);1H. The molecule has 1 aromatic heterocycles. The first-order valence-electron chi connectivity index (χ1n) is 6.13. The third-order valence-electron chi connectivity index (χ3n) is 2.58. The molecule has 5 nitrogen and oxygen atoms in total. The number of nitrogens with one attached hydrogen (secondary N) is 1. The Balaban J connectivity index is 0.00000264. The molecule has 0 saturated carbocycles. The molecule has 0 aliphatic rings. The van der Waals surface area contributed by atoms with Gasteiger partial charge in [-0.05, 0) is 12.1 Å². The number of hydrogen-bond donors (Lipinski definition) is 2. The Kier molecular flexibility index (Phi) is 6.79. The predicted octanol–water partition coefficient (Wildman–Crippen LogP) is 2.97. The van der Waals surface area contributed by atoms with Crippen molar-refractivity contribution in [1.29, 1.82) is 0 Å². The minimum absolute atomic E-state index is 0. The van der Waals surface area contributed by atoms with Gasteiger partial charge in [-0.3, -0.25) is 4.79 Å². The molecular weight excluding hydrogens is 355 g/mol. The summed E-state index contributed by atoms with van der Waals surface area (Å²) in [7, 11) is 0. The molecule has 3 N–H and O–H groups in total. The highest BCUT2D eigenvalue weighted by molar-refractivity contribution is 7.07. The number of ether oxygens (including phenoxy) is 1. The minimum Gasteiger partial charge on any atom is -0.406 e. The third-order valence-corrected chi connectivity index (χ3v) is 3.22. The van der Waals surface area contributed by atoms with Crippen molar-refractivity contribution in [1.82, 2.24) is 4.98 Å². The van der Waals surface area contributed by atoms with Crippen molar-refractivity contribution in [2.45, 2.75) is 18.8 Å². The Morgan fingerprint density at radius 2 is 2.17 bits per heavy atom. The van der Waals surface area contributed by atoms with Gasteiger partial charge < -0.3 is 15.8 Å². The fraction of sp³-hybridized carbons (Fsp3) is 0.231. The molecule has 10 heteroatoms. The largest absolute Gasteiger partial charge is 0.573 e. The highest BCUT2D eigenvalue weighted by Gasteiger charge is 2.31. The average molecular weight is 368 g/mol. The number of aromatic nitrogens is 1. The number of hydrogen-bond acceptors (Lipinski definition) is 5. The summed E-state index contributed by atoms with van der Waals surface area (Å²) in [5, 5.41) is 4.21. The highest BCUT2D eigenvalue weighted by atomic mass is 35.5. The van der Waals surface area contributed by atoms with Crippen molar-refractivity contribution in [2.24, 2.45) is 5.73 Å². The molecule has 2 aromatic rings. The molecule has 2 rings (SSSR count). The summed E-state index contributed by atoms with van der Waals surface area (Å²) >= 11 is 1.38. The number of halogens is 4. The lowest BCUT2D eigenvalue weighted by molar-refractivity contribution is -0.274. The van der Waals surface area contributed by atoms with E-state index in [-0.39, 0.29) is 24.5 Å². The van der Waals surface area contributed by atoms with Gasteiger partial charge in [-0.25, -0.2) is 4.98 Å². The van der Waals surface area contributed by atoms with Gasteiger partial charge >= 0.3 is 6.36 Å². The van der Waals surface area contributed by atoms with Gasteiger partial charge in [-0.1, -0.05) is 6.07 Å². The molecule has 1 amide bonds. The number of alkyl halides is 3. The van der Waals surface area contributed by atoms with Gasteiger partial charge in [0, 0.05) is 23.6 Å². The Hall–Kier alpha value is -1.84. The molecule has 0 spiro atoms. The molecule has 0 radical (unpaired) electrons. The lowest BCUT2D eigenvalue weighted by atomic mass is 10.1. The van der Waals surface area contributed by atoms with E-state index in [4.69, 9.17) is 5.73 Å². The number of thiazole rings is 1. The molecule has 1 atom stereocenters. The van der Waals surface area contributed by atoms with Gasteiger partial charge in [-0.2, -0.15) is 0 Å². The second-order valence-electron chi connectivity index (χ2n) is 4.36. The van der Waals surface area contributed by atoms with E-state index in [1.165, 1.54) is 23.5 Å². The third kappa shape index (κ3) is 6.43. The molecule has 0 fully saturated rings. The Labute approximate surface area is 140 Å². The van der Waals surface area contributed by atoms with Crippen molar-refractivity contribution >= 4 is 35.3 Å². The summed E-state index contributed by atoms with van der Waals surface area (Å²) < 4.78 is 40.2. The van der Waals surface area contributed by atoms with Crippen molar-refractivity contribution in [2.75, 3.05) is 5.32 Å². The van der Waals surface area contributed by atoms with Crippen LogP contribution in [0, 0.1) is 0 Å². The number of amides is 1. The monoisotopic (exact) mass is 367 g/mol. The smallest absolute Gasteiger partial charge is 0.406 e. The van der Waals surface area contributed by atoms with Crippen molar-refractivity contribution in [3.8, 4) is 5.75 Å². The van der Waals surface area contributed by atoms with Crippen LogP contribution in [0.2, 0.25) is 0 Å². The normalized spacial score (nSPS) is 12.2. The maximum Gasteiger partial charge on any atom is 0.573 e. The van der Waals surface area contributed by atoms with E-state index >= 15 is 0 Å². The van der Waals surface area contributed by atoms with Crippen molar-refractivity contribution in [3.05, 3.63) is 40.8 Å². The van der Waals surface area contributed by atoms with E-state index in [1.54, 1.807) is 10.9 Å². The number of anilines is 1. The molecule has 1 heterocycles. The van der Waals surface area contributed by atoms with E-state index in [1.807, 2.05) is 0 Å². The first kappa shape index (κ1) is 19.2. The topological polar surface area (TPSA) is 77.2 Å². The summed E-state index contributed by atoms with van der Waals surface area (Å²) in [6.07, 6.45) is -4.54. The van der Waals surface area contributed by atoms with Crippen molar-refractivity contribution < 1.29 is 22.7 Å². The Morgan fingerprint density at radius 1 is 1.43 bits per heavy atom. The van der Waals surface area contributed by atoms with Gasteiger partial charge in [0.15, 0.2) is 0 Å². The van der Waals surface area contributed by atoms with Crippen LogP contribution in [0.15, 0.2) is 35.2 Å². The summed E-state index contributed by atoms with van der Waals surface area (Å²) in [5.41, 5.74) is 8.21. The quantitative estimate of drug-likeness (QED) is 0.851. The zero-order valence-corrected chi connectivity index (χ0v) is 13.2. The first-order chi connectivity index (χ1) is 10.3. The van der Waals surface area contributed by atoms with Gasteiger partial charge in [0.1, 0.15) is 5.75 Å². The highest BCUT2D eigenvalue weighted by Crippen LogP contribution is 2.25. The van der Waals surface area contributed by atoms with Gasteiger partial charge in [-0.15, -0.1) is 36.9 Å². The van der Waals surface area contributed by atoms with Crippen LogP contribution in [0.4, 0.5) is 18.9 Å². The SMILES string of the molecule is Cl.NC(Cc1cscn1)C(=O)Nc1cccc(OC(F)(F)F)c1. The minimum atomic E-state index is -4.79. The molecule has 0 bridgehead atoms. The number of carbonyl (C=O) groups excluding carboxylic acids is 1.